The van der Waals surface area contributed by atoms with Crippen LogP contribution < -0.4 is 10.0 Å². The molecule has 1 aliphatic heterocycles. The Morgan fingerprint density at radius 3 is 2.52 bits per heavy atom. The average molecular weight is 439 g/mol. The topological polar surface area (TPSA) is 127 Å². The number of carbonyl (C=O) groups is 1. The summed E-state index contributed by atoms with van der Waals surface area (Å²) in [5.74, 6) is -0.162. The zero-order chi connectivity index (χ0) is 21.2. The Kier molecular flexibility index (Phi) is 6.06. The molecule has 2 aromatic rings. The van der Waals surface area contributed by atoms with Crippen molar-refractivity contribution in [3.05, 3.63) is 63.2 Å². The number of benzene rings is 2. The summed E-state index contributed by atoms with van der Waals surface area (Å²) in [6, 6.07) is 10.3. The lowest BCUT2D eigenvalue weighted by molar-refractivity contribution is -0.385. The SMILES string of the molecule is NS(=O)(=O)c1cc([N+](=O)[O-])ccc1N1CCCN(C(=O)c2cccc(Cl)c2)CC1. The van der Waals surface area contributed by atoms with E-state index in [0.29, 0.717) is 43.2 Å². The first-order chi connectivity index (χ1) is 13.7. The number of sulfonamides is 1. The first kappa shape index (κ1) is 21.0. The van der Waals surface area contributed by atoms with Gasteiger partial charge in [-0.25, -0.2) is 13.6 Å². The lowest BCUT2D eigenvalue weighted by Gasteiger charge is -2.25. The highest BCUT2D eigenvalue weighted by Crippen LogP contribution is 2.29. The summed E-state index contributed by atoms with van der Waals surface area (Å²) >= 11 is 5.96. The third-order valence-electron chi connectivity index (χ3n) is 4.66. The Bertz CT molecular complexity index is 1060. The highest BCUT2D eigenvalue weighted by molar-refractivity contribution is 7.89. The number of hydrogen-bond acceptors (Lipinski definition) is 6. The van der Waals surface area contributed by atoms with E-state index in [1.165, 1.54) is 12.1 Å². The lowest BCUT2D eigenvalue weighted by atomic mass is 10.2. The zero-order valence-electron chi connectivity index (χ0n) is 15.3. The Morgan fingerprint density at radius 1 is 1.10 bits per heavy atom. The number of primary sulfonamides is 1. The molecular formula is C18H19ClN4O5S. The van der Waals surface area contributed by atoms with E-state index in [0.717, 1.165) is 6.07 Å². The van der Waals surface area contributed by atoms with Crippen LogP contribution in [-0.2, 0) is 10.0 Å². The zero-order valence-corrected chi connectivity index (χ0v) is 16.9. The fourth-order valence-electron chi connectivity index (χ4n) is 3.27. The first-order valence-electron chi connectivity index (χ1n) is 8.78. The third-order valence-corrected chi connectivity index (χ3v) is 5.83. The van der Waals surface area contributed by atoms with Gasteiger partial charge in [-0.2, -0.15) is 0 Å². The molecule has 29 heavy (non-hydrogen) atoms. The number of amides is 1. The van der Waals surface area contributed by atoms with Crippen LogP contribution in [-0.4, -0.2) is 50.3 Å². The summed E-state index contributed by atoms with van der Waals surface area (Å²) in [5.41, 5.74) is 0.409. The van der Waals surface area contributed by atoms with Gasteiger partial charge in [0.15, 0.2) is 0 Å². The standard InChI is InChI=1S/C18H19ClN4O5S/c19-14-4-1-3-13(11-14)18(24)22-8-2-7-21(9-10-22)16-6-5-15(23(25)26)12-17(16)29(20,27)28/h1,3-6,11-12H,2,7-10H2,(H2,20,27,28). The second kappa shape index (κ2) is 8.36. The quantitative estimate of drug-likeness (QED) is 0.576. The van der Waals surface area contributed by atoms with Crippen LogP contribution in [0.25, 0.3) is 0 Å². The molecule has 11 heteroatoms. The van der Waals surface area contributed by atoms with E-state index in [4.69, 9.17) is 16.7 Å². The van der Waals surface area contributed by atoms with Crippen molar-refractivity contribution in [2.45, 2.75) is 11.3 Å². The van der Waals surface area contributed by atoms with E-state index < -0.39 is 14.9 Å². The van der Waals surface area contributed by atoms with E-state index >= 15 is 0 Å². The van der Waals surface area contributed by atoms with Crippen molar-refractivity contribution in [3.8, 4) is 0 Å². The predicted molar refractivity (Wildman–Crippen MR) is 109 cm³/mol. The molecule has 1 saturated heterocycles. The predicted octanol–water partition coefficient (Wildman–Crippen LogP) is 2.25. The van der Waals surface area contributed by atoms with E-state index in [1.807, 2.05) is 0 Å². The monoisotopic (exact) mass is 438 g/mol. The van der Waals surface area contributed by atoms with Crippen molar-refractivity contribution in [2.24, 2.45) is 5.14 Å². The summed E-state index contributed by atoms with van der Waals surface area (Å²) in [4.78, 5) is 26.2. The molecule has 1 heterocycles. The Balaban J connectivity index is 1.84. The van der Waals surface area contributed by atoms with Crippen LogP contribution in [0.5, 0.6) is 0 Å². The molecule has 2 aromatic carbocycles. The molecule has 1 amide bonds. The van der Waals surface area contributed by atoms with Gasteiger partial charge in [-0.05, 0) is 30.7 Å². The van der Waals surface area contributed by atoms with Crippen LogP contribution in [0.15, 0.2) is 47.4 Å². The van der Waals surface area contributed by atoms with E-state index in [1.54, 1.807) is 34.1 Å². The lowest BCUT2D eigenvalue weighted by Crippen LogP contribution is -2.35. The van der Waals surface area contributed by atoms with Gasteiger partial charge >= 0.3 is 0 Å². The molecular weight excluding hydrogens is 420 g/mol. The molecule has 2 N–H and O–H groups in total. The minimum Gasteiger partial charge on any atom is -0.369 e. The van der Waals surface area contributed by atoms with Gasteiger partial charge in [0, 0.05) is 48.9 Å². The van der Waals surface area contributed by atoms with Gasteiger partial charge in [0.2, 0.25) is 10.0 Å². The molecule has 0 aromatic heterocycles. The molecule has 0 spiro atoms. The van der Waals surface area contributed by atoms with Crippen molar-refractivity contribution in [1.29, 1.82) is 0 Å². The van der Waals surface area contributed by atoms with Gasteiger partial charge < -0.3 is 9.80 Å². The van der Waals surface area contributed by atoms with Crippen LogP contribution in [0, 0.1) is 10.1 Å². The van der Waals surface area contributed by atoms with E-state index in [9.17, 15) is 23.3 Å². The smallest absolute Gasteiger partial charge is 0.270 e. The molecule has 0 unspecified atom stereocenters. The number of nitrogens with zero attached hydrogens (tertiary/aromatic N) is 3. The number of halogens is 1. The number of hydrogen-bond donors (Lipinski definition) is 1. The Hall–Kier alpha value is -2.69. The van der Waals surface area contributed by atoms with Crippen molar-refractivity contribution >= 4 is 38.9 Å². The molecule has 0 aliphatic carbocycles. The van der Waals surface area contributed by atoms with Crippen LogP contribution in [0.3, 0.4) is 0 Å². The number of rotatable bonds is 4. The second-order valence-corrected chi connectivity index (χ2v) is 8.56. The number of nitro groups is 1. The van der Waals surface area contributed by atoms with Crippen molar-refractivity contribution in [2.75, 3.05) is 31.1 Å². The molecule has 3 rings (SSSR count). The minimum atomic E-state index is -4.17. The van der Waals surface area contributed by atoms with Crippen molar-refractivity contribution in [3.63, 3.8) is 0 Å². The number of anilines is 1. The molecule has 0 atom stereocenters. The van der Waals surface area contributed by atoms with Gasteiger partial charge in [0.05, 0.1) is 10.6 Å². The summed E-state index contributed by atoms with van der Waals surface area (Å²) in [5, 5.41) is 16.8. The normalized spacial score (nSPS) is 15.1. The van der Waals surface area contributed by atoms with Gasteiger partial charge in [0.1, 0.15) is 4.90 Å². The minimum absolute atomic E-state index is 0.162. The third kappa shape index (κ3) is 4.84. The van der Waals surface area contributed by atoms with E-state index in [-0.39, 0.29) is 22.2 Å². The summed E-state index contributed by atoms with van der Waals surface area (Å²) < 4.78 is 24.0. The van der Waals surface area contributed by atoms with Gasteiger partial charge in [-0.1, -0.05) is 17.7 Å². The second-order valence-electron chi connectivity index (χ2n) is 6.60. The molecule has 0 radical (unpaired) electrons. The van der Waals surface area contributed by atoms with Crippen LogP contribution in [0.1, 0.15) is 16.8 Å². The number of non-ortho nitro benzene ring substituents is 1. The molecule has 1 fully saturated rings. The largest absolute Gasteiger partial charge is 0.369 e. The molecule has 154 valence electrons. The van der Waals surface area contributed by atoms with Gasteiger partial charge in [-0.3, -0.25) is 14.9 Å². The van der Waals surface area contributed by atoms with Gasteiger partial charge in [-0.15, -0.1) is 0 Å². The maximum atomic E-state index is 12.8. The molecule has 1 aliphatic rings. The van der Waals surface area contributed by atoms with Crippen molar-refractivity contribution in [1.82, 2.24) is 4.90 Å². The number of nitrogens with two attached hydrogens (primary N) is 1. The fraction of sp³-hybridized carbons (Fsp3) is 0.278. The summed E-state index contributed by atoms with van der Waals surface area (Å²) in [6.07, 6.45) is 0.591. The number of carbonyl (C=O) groups excluding carboxylic acids is 1. The highest BCUT2D eigenvalue weighted by atomic mass is 35.5. The first-order valence-corrected chi connectivity index (χ1v) is 10.7. The molecule has 0 saturated carbocycles. The summed E-state index contributed by atoms with van der Waals surface area (Å²) in [7, 11) is -4.17. The Morgan fingerprint density at radius 2 is 1.86 bits per heavy atom. The fourth-order valence-corrected chi connectivity index (χ4v) is 4.23. The number of nitro benzene ring substituents is 1. The van der Waals surface area contributed by atoms with E-state index in [2.05, 4.69) is 0 Å². The van der Waals surface area contributed by atoms with Crippen LogP contribution in [0.4, 0.5) is 11.4 Å². The maximum absolute atomic E-state index is 12.8. The van der Waals surface area contributed by atoms with Gasteiger partial charge in [0.25, 0.3) is 11.6 Å². The average Bonchev–Trinajstić information content (AvgIpc) is 2.92. The molecule has 0 bridgehead atoms. The van der Waals surface area contributed by atoms with Crippen LogP contribution in [0.2, 0.25) is 5.02 Å². The van der Waals surface area contributed by atoms with Crippen LogP contribution >= 0.6 is 11.6 Å². The summed E-state index contributed by atoms with van der Waals surface area (Å²) in [6.45, 7) is 1.66. The van der Waals surface area contributed by atoms with Crippen molar-refractivity contribution < 1.29 is 18.1 Å². The molecule has 9 nitrogen and oxygen atoms in total. The highest BCUT2D eigenvalue weighted by Gasteiger charge is 2.26. The maximum Gasteiger partial charge on any atom is 0.270 e. The Labute approximate surface area is 172 Å².